The minimum absolute atomic E-state index is 0.346. The second kappa shape index (κ2) is 5.39. The molecule has 1 rings (SSSR count). The van der Waals surface area contributed by atoms with Gasteiger partial charge in [0.05, 0.1) is 19.3 Å². The molecule has 4 nitrogen and oxygen atoms in total. The SMILES string of the molecule is CCCOc1cc(C(=O)OC)c(N)cc1C. The fraction of sp³-hybridized carbons (Fsp3) is 0.417. The maximum absolute atomic E-state index is 11.4. The Kier molecular flexibility index (Phi) is 4.17. The molecule has 0 aliphatic rings. The largest absolute Gasteiger partial charge is 0.493 e. The van der Waals surface area contributed by atoms with Gasteiger partial charge in [0.2, 0.25) is 0 Å². The summed E-state index contributed by atoms with van der Waals surface area (Å²) in [5.41, 5.74) is 7.41. The molecule has 0 radical (unpaired) electrons. The number of methoxy groups -OCH3 is 1. The zero-order valence-electron chi connectivity index (χ0n) is 9.87. The summed E-state index contributed by atoms with van der Waals surface area (Å²) in [5, 5.41) is 0. The Morgan fingerprint density at radius 1 is 1.44 bits per heavy atom. The molecule has 88 valence electrons. The van der Waals surface area contributed by atoms with Gasteiger partial charge in [0.1, 0.15) is 5.75 Å². The van der Waals surface area contributed by atoms with Crippen LogP contribution in [0, 0.1) is 6.92 Å². The van der Waals surface area contributed by atoms with Gasteiger partial charge in [0, 0.05) is 5.69 Å². The highest BCUT2D eigenvalue weighted by molar-refractivity contribution is 5.95. The number of hydrogen-bond acceptors (Lipinski definition) is 4. The van der Waals surface area contributed by atoms with Gasteiger partial charge in [0.25, 0.3) is 0 Å². The van der Waals surface area contributed by atoms with Crippen molar-refractivity contribution >= 4 is 11.7 Å². The highest BCUT2D eigenvalue weighted by Gasteiger charge is 2.13. The maximum atomic E-state index is 11.4. The molecule has 2 N–H and O–H groups in total. The lowest BCUT2D eigenvalue weighted by Crippen LogP contribution is -2.07. The molecule has 16 heavy (non-hydrogen) atoms. The predicted molar refractivity (Wildman–Crippen MR) is 62.7 cm³/mol. The van der Waals surface area contributed by atoms with Gasteiger partial charge >= 0.3 is 5.97 Å². The van der Waals surface area contributed by atoms with Crippen LogP contribution in [0.25, 0.3) is 0 Å². The molecule has 0 saturated heterocycles. The highest BCUT2D eigenvalue weighted by Crippen LogP contribution is 2.25. The van der Waals surface area contributed by atoms with Crippen LogP contribution in [-0.4, -0.2) is 19.7 Å². The van der Waals surface area contributed by atoms with Crippen molar-refractivity contribution in [3.63, 3.8) is 0 Å². The van der Waals surface area contributed by atoms with Crippen LogP contribution in [0.4, 0.5) is 5.69 Å². The molecular formula is C12H17NO3. The fourth-order valence-corrected chi connectivity index (χ4v) is 1.36. The third-order valence-corrected chi connectivity index (χ3v) is 2.21. The first-order valence-corrected chi connectivity index (χ1v) is 5.21. The summed E-state index contributed by atoms with van der Waals surface area (Å²) >= 11 is 0. The lowest BCUT2D eigenvalue weighted by molar-refractivity contribution is 0.0601. The zero-order valence-corrected chi connectivity index (χ0v) is 9.87. The summed E-state index contributed by atoms with van der Waals surface area (Å²) in [4.78, 5) is 11.4. The number of aryl methyl sites for hydroxylation is 1. The van der Waals surface area contributed by atoms with Crippen molar-refractivity contribution in [1.82, 2.24) is 0 Å². The molecule has 0 atom stereocenters. The van der Waals surface area contributed by atoms with E-state index in [1.165, 1.54) is 7.11 Å². The van der Waals surface area contributed by atoms with Gasteiger partial charge in [-0.15, -0.1) is 0 Å². The Labute approximate surface area is 95.3 Å². The molecule has 4 heteroatoms. The second-order valence-electron chi connectivity index (χ2n) is 3.54. The number of carbonyl (C=O) groups is 1. The molecule has 1 aromatic carbocycles. The van der Waals surface area contributed by atoms with Gasteiger partial charge < -0.3 is 15.2 Å². The fourth-order valence-electron chi connectivity index (χ4n) is 1.36. The van der Waals surface area contributed by atoms with Crippen molar-refractivity contribution in [2.75, 3.05) is 19.5 Å². The van der Waals surface area contributed by atoms with Gasteiger partial charge in [-0.1, -0.05) is 6.92 Å². The van der Waals surface area contributed by atoms with Crippen molar-refractivity contribution < 1.29 is 14.3 Å². The van der Waals surface area contributed by atoms with Gasteiger partial charge in [0.15, 0.2) is 0 Å². The van der Waals surface area contributed by atoms with Gasteiger partial charge in [-0.3, -0.25) is 0 Å². The van der Waals surface area contributed by atoms with Crippen molar-refractivity contribution in [2.24, 2.45) is 0 Å². The number of anilines is 1. The van der Waals surface area contributed by atoms with Crippen LogP contribution in [0.5, 0.6) is 5.75 Å². The van der Waals surface area contributed by atoms with E-state index >= 15 is 0 Å². The first kappa shape index (κ1) is 12.4. The van der Waals surface area contributed by atoms with E-state index in [0.29, 0.717) is 23.6 Å². The first-order chi connectivity index (χ1) is 7.60. The summed E-state index contributed by atoms with van der Waals surface area (Å²) in [5.74, 6) is 0.232. The van der Waals surface area contributed by atoms with Crippen LogP contribution in [0.3, 0.4) is 0 Å². The van der Waals surface area contributed by atoms with E-state index in [1.807, 2.05) is 13.8 Å². The molecule has 0 aromatic heterocycles. The van der Waals surface area contributed by atoms with E-state index in [-0.39, 0.29) is 0 Å². The summed E-state index contributed by atoms with van der Waals surface area (Å²) in [6.07, 6.45) is 0.914. The van der Waals surface area contributed by atoms with Crippen molar-refractivity contribution in [2.45, 2.75) is 20.3 Å². The highest BCUT2D eigenvalue weighted by atomic mass is 16.5. The number of ether oxygens (including phenoxy) is 2. The van der Waals surface area contributed by atoms with Gasteiger partial charge in [-0.2, -0.15) is 0 Å². The van der Waals surface area contributed by atoms with Crippen LogP contribution < -0.4 is 10.5 Å². The normalized spacial score (nSPS) is 9.94. The van der Waals surface area contributed by atoms with E-state index < -0.39 is 5.97 Å². The number of nitrogen functional groups attached to an aromatic ring is 1. The lowest BCUT2D eigenvalue weighted by Gasteiger charge is -2.11. The van der Waals surface area contributed by atoms with E-state index in [4.69, 9.17) is 10.5 Å². The standard InChI is InChI=1S/C12H17NO3/c1-4-5-16-11-7-9(12(14)15-3)10(13)6-8(11)2/h6-7H,4-5,13H2,1-3H3. The Morgan fingerprint density at radius 3 is 2.69 bits per heavy atom. The van der Waals surface area contributed by atoms with Crippen LogP contribution in [-0.2, 0) is 4.74 Å². The van der Waals surface area contributed by atoms with Crippen molar-refractivity contribution in [1.29, 1.82) is 0 Å². The summed E-state index contributed by atoms with van der Waals surface area (Å²) in [7, 11) is 1.33. The third-order valence-electron chi connectivity index (χ3n) is 2.21. The van der Waals surface area contributed by atoms with E-state index in [2.05, 4.69) is 4.74 Å². The summed E-state index contributed by atoms with van der Waals surface area (Å²) in [6, 6.07) is 3.35. The monoisotopic (exact) mass is 223 g/mol. The Morgan fingerprint density at radius 2 is 2.12 bits per heavy atom. The lowest BCUT2D eigenvalue weighted by atomic mass is 10.1. The van der Waals surface area contributed by atoms with Crippen LogP contribution >= 0.6 is 0 Å². The number of esters is 1. The van der Waals surface area contributed by atoms with Crippen molar-refractivity contribution in [3.8, 4) is 5.75 Å². The van der Waals surface area contributed by atoms with Gasteiger partial charge in [-0.25, -0.2) is 4.79 Å². The molecule has 0 unspecified atom stereocenters. The molecule has 0 aliphatic heterocycles. The van der Waals surface area contributed by atoms with Crippen LogP contribution in [0.2, 0.25) is 0 Å². The van der Waals surface area contributed by atoms with Crippen molar-refractivity contribution in [3.05, 3.63) is 23.3 Å². The predicted octanol–water partition coefficient (Wildman–Crippen LogP) is 2.15. The van der Waals surface area contributed by atoms with E-state index in [0.717, 1.165) is 12.0 Å². The molecule has 0 amide bonds. The summed E-state index contributed by atoms with van der Waals surface area (Å²) < 4.78 is 10.2. The molecule has 0 heterocycles. The molecule has 0 spiro atoms. The Bertz CT molecular complexity index is 388. The number of benzene rings is 1. The molecule has 0 aliphatic carbocycles. The van der Waals surface area contributed by atoms with E-state index in [1.54, 1.807) is 12.1 Å². The Balaban J connectivity index is 3.06. The van der Waals surface area contributed by atoms with Gasteiger partial charge in [-0.05, 0) is 31.0 Å². The first-order valence-electron chi connectivity index (χ1n) is 5.21. The quantitative estimate of drug-likeness (QED) is 0.627. The molecule has 0 bridgehead atoms. The average molecular weight is 223 g/mol. The zero-order chi connectivity index (χ0) is 12.1. The second-order valence-corrected chi connectivity index (χ2v) is 3.54. The smallest absolute Gasteiger partial charge is 0.340 e. The molecule has 0 fully saturated rings. The topological polar surface area (TPSA) is 61.5 Å². The van der Waals surface area contributed by atoms with Crippen LogP contribution in [0.15, 0.2) is 12.1 Å². The number of rotatable bonds is 4. The Hall–Kier alpha value is -1.71. The minimum atomic E-state index is -0.446. The number of nitrogens with two attached hydrogens (primary N) is 1. The number of hydrogen-bond donors (Lipinski definition) is 1. The number of carbonyl (C=O) groups excluding carboxylic acids is 1. The summed E-state index contributed by atoms with van der Waals surface area (Å²) in [6.45, 7) is 4.53. The average Bonchev–Trinajstić information content (AvgIpc) is 2.27. The molecule has 0 saturated carbocycles. The van der Waals surface area contributed by atoms with E-state index in [9.17, 15) is 4.79 Å². The minimum Gasteiger partial charge on any atom is -0.493 e. The third kappa shape index (κ3) is 2.66. The molecule has 1 aromatic rings. The molecular weight excluding hydrogens is 206 g/mol. The van der Waals surface area contributed by atoms with Crippen LogP contribution in [0.1, 0.15) is 29.3 Å². The maximum Gasteiger partial charge on any atom is 0.340 e.